The Hall–Kier alpha value is -4.45. The molecule has 1 unspecified atom stereocenters. The zero-order valence-electron chi connectivity index (χ0n) is 21.4. The Bertz CT molecular complexity index is 1430. The lowest BCUT2D eigenvalue weighted by Crippen LogP contribution is -2.30. The van der Waals surface area contributed by atoms with Gasteiger partial charge in [-0.2, -0.15) is 13.2 Å². The number of nitrogens with zero attached hydrogens (tertiary/aromatic N) is 1. The van der Waals surface area contributed by atoms with Crippen LogP contribution in [0.15, 0.2) is 54.7 Å². The summed E-state index contributed by atoms with van der Waals surface area (Å²) in [4.78, 5) is 39.8. The summed E-state index contributed by atoms with van der Waals surface area (Å²) in [6, 6.07) is 12.0. The maximum absolute atomic E-state index is 13.5. The monoisotopic (exact) mass is 555 g/mol. The Labute approximate surface area is 228 Å². The molecule has 1 aromatic heterocycles. The molecule has 1 heterocycles. The largest absolute Gasteiger partial charge is 0.489 e. The number of anilines is 1. The number of nitrogens with one attached hydrogen (secondary N) is 2. The standard InChI is InChI=1S/C28H28F3N5O4/c29-28(30,31)21-7-17(14-35-25(37)13-32)8-22(12-21)36-27(39)19-2-1-18-3-4-23(11-20(18)10-19)40-15-16-5-6-34-24(9-16)26(33)38/h3-9,11-12,19H,1-2,10,13-15,32H2,(H2,33,38)(H,35,37)(H,36,39). The number of aryl methyl sites for hydroxylation is 1. The molecule has 2 aromatic carbocycles. The van der Waals surface area contributed by atoms with Crippen molar-refractivity contribution in [3.8, 4) is 5.75 Å². The fourth-order valence-electron chi connectivity index (χ4n) is 4.46. The predicted molar refractivity (Wildman–Crippen MR) is 140 cm³/mol. The fraction of sp³-hybridized carbons (Fsp3) is 0.286. The molecule has 1 aliphatic rings. The van der Waals surface area contributed by atoms with E-state index in [0.717, 1.165) is 23.3 Å². The highest BCUT2D eigenvalue weighted by Gasteiger charge is 2.32. The molecule has 12 heteroatoms. The van der Waals surface area contributed by atoms with Crippen molar-refractivity contribution in [2.24, 2.45) is 17.4 Å². The van der Waals surface area contributed by atoms with Crippen molar-refractivity contribution in [2.45, 2.75) is 38.6 Å². The Morgan fingerprint density at radius 3 is 2.55 bits per heavy atom. The van der Waals surface area contributed by atoms with E-state index < -0.39 is 35.4 Å². The topological polar surface area (TPSA) is 149 Å². The van der Waals surface area contributed by atoms with E-state index in [1.807, 2.05) is 18.2 Å². The van der Waals surface area contributed by atoms with E-state index in [0.29, 0.717) is 30.6 Å². The first kappa shape index (κ1) is 28.6. The summed E-state index contributed by atoms with van der Waals surface area (Å²) in [5.74, 6) is -1.44. The van der Waals surface area contributed by atoms with Crippen LogP contribution >= 0.6 is 0 Å². The first-order valence-electron chi connectivity index (χ1n) is 12.5. The lowest BCUT2D eigenvalue weighted by molar-refractivity contribution is -0.137. The zero-order valence-corrected chi connectivity index (χ0v) is 21.4. The van der Waals surface area contributed by atoms with Gasteiger partial charge in [0.15, 0.2) is 0 Å². The van der Waals surface area contributed by atoms with E-state index in [1.54, 1.807) is 12.1 Å². The number of carbonyl (C=O) groups is 3. The van der Waals surface area contributed by atoms with Crippen molar-refractivity contribution in [1.82, 2.24) is 10.3 Å². The van der Waals surface area contributed by atoms with Crippen molar-refractivity contribution < 1.29 is 32.3 Å². The van der Waals surface area contributed by atoms with Crippen LogP contribution in [-0.4, -0.2) is 29.3 Å². The summed E-state index contributed by atoms with van der Waals surface area (Å²) in [5.41, 5.74) is 12.6. The van der Waals surface area contributed by atoms with Gasteiger partial charge in [0, 0.05) is 24.3 Å². The third kappa shape index (κ3) is 7.35. The second kappa shape index (κ2) is 12.2. The van der Waals surface area contributed by atoms with Crippen molar-refractivity contribution in [3.63, 3.8) is 0 Å². The number of fused-ring (bicyclic) bond motifs is 1. The average Bonchev–Trinajstić information content (AvgIpc) is 2.93. The number of benzene rings is 2. The van der Waals surface area contributed by atoms with Crippen molar-refractivity contribution in [2.75, 3.05) is 11.9 Å². The maximum atomic E-state index is 13.5. The Morgan fingerprint density at radius 2 is 1.82 bits per heavy atom. The van der Waals surface area contributed by atoms with Gasteiger partial charge in [-0.1, -0.05) is 6.07 Å². The van der Waals surface area contributed by atoms with Crippen LogP contribution in [0.3, 0.4) is 0 Å². The number of halogens is 3. The molecule has 0 spiro atoms. The summed E-state index contributed by atoms with van der Waals surface area (Å²) in [7, 11) is 0. The number of primary amides is 1. The van der Waals surface area contributed by atoms with Crippen molar-refractivity contribution in [1.29, 1.82) is 0 Å². The van der Waals surface area contributed by atoms with Gasteiger partial charge >= 0.3 is 6.18 Å². The van der Waals surface area contributed by atoms with Crippen LogP contribution in [-0.2, 0) is 41.8 Å². The van der Waals surface area contributed by atoms with Crippen LogP contribution in [0.5, 0.6) is 5.75 Å². The van der Waals surface area contributed by atoms with Gasteiger partial charge in [0.05, 0.1) is 12.1 Å². The minimum atomic E-state index is -4.63. The number of rotatable bonds is 9. The van der Waals surface area contributed by atoms with Gasteiger partial charge in [0.2, 0.25) is 11.8 Å². The molecular weight excluding hydrogens is 527 g/mol. The number of pyridine rings is 1. The van der Waals surface area contributed by atoms with E-state index >= 15 is 0 Å². The zero-order chi connectivity index (χ0) is 28.9. The summed E-state index contributed by atoms with van der Waals surface area (Å²) >= 11 is 0. The quantitative estimate of drug-likeness (QED) is 0.319. The first-order valence-corrected chi connectivity index (χ1v) is 12.5. The molecule has 0 saturated heterocycles. The van der Waals surface area contributed by atoms with Crippen LogP contribution in [0.25, 0.3) is 0 Å². The molecule has 0 fully saturated rings. The normalized spacial score (nSPS) is 14.7. The number of amides is 3. The molecule has 1 atom stereocenters. The minimum absolute atomic E-state index is 0.00705. The van der Waals surface area contributed by atoms with Crippen molar-refractivity contribution >= 4 is 23.4 Å². The molecule has 3 amide bonds. The number of aromatic nitrogens is 1. The number of alkyl halides is 3. The molecule has 9 nitrogen and oxygen atoms in total. The van der Waals surface area contributed by atoms with Crippen LogP contribution in [0.4, 0.5) is 18.9 Å². The lowest BCUT2D eigenvalue weighted by atomic mass is 9.83. The molecule has 6 N–H and O–H groups in total. The van der Waals surface area contributed by atoms with E-state index in [4.69, 9.17) is 16.2 Å². The highest BCUT2D eigenvalue weighted by molar-refractivity contribution is 5.93. The van der Waals surface area contributed by atoms with E-state index in [2.05, 4.69) is 15.6 Å². The summed E-state index contributed by atoms with van der Waals surface area (Å²) in [6.45, 7) is -0.278. The molecule has 3 aromatic rings. The van der Waals surface area contributed by atoms with Crippen LogP contribution < -0.4 is 26.8 Å². The van der Waals surface area contributed by atoms with Gasteiger partial charge in [-0.3, -0.25) is 19.4 Å². The highest BCUT2D eigenvalue weighted by Crippen LogP contribution is 2.33. The molecule has 0 aliphatic heterocycles. The van der Waals surface area contributed by atoms with Crippen LogP contribution in [0.1, 0.15) is 44.7 Å². The average molecular weight is 556 g/mol. The fourth-order valence-corrected chi connectivity index (χ4v) is 4.46. The molecule has 1 aliphatic carbocycles. The molecule has 210 valence electrons. The van der Waals surface area contributed by atoms with Gasteiger partial charge in [0.1, 0.15) is 18.1 Å². The SMILES string of the molecule is NCC(=O)NCc1cc(NC(=O)C2CCc3ccc(OCc4ccnc(C(N)=O)c4)cc3C2)cc(C(F)(F)F)c1. The Morgan fingerprint density at radius 1 is 1.02 bits per heavy atom. The number of hydrogen-bond acceptors (Lipinski definition) is 6. The van der Waals surface area contributed by atoms with Crippen LogP contribution in [0, 0.1) is 5.92 Å². The number of ether oxygens (including phenoxy) is 1. The Balaban J connectivity index is 1.44. The smallest absolute Gasteiger partial charge is 0.416 e. The third-order valence-electron chi connectivity index (χ3n) is 6.52. The van der Waals surface area contributed by atoms with Crippen molar-refractivity contribution in [3.05, 3.63) is 88.2 Å². The molecule has 0 saturated carbocycles. The van der Waals surface area contributed by atoms with Crippen LogP contribution in [0.2, 0.25) is 0 Å². The van der Waals surface area contributed by atoms with Gasteiger partial charge in [-0.15, -0.1) is 0 Å². The van der Waals surface area contributed by atoms with Gasteiger partial charge in [0.25, 0.3) is 5.91 Å². The van der Waals surface area contributed by atoms with Gasteiger partial charge in [-0.25, -0.2) is 0 Å². The molecule has 0 radical (unpaired) electrons. The number of hydrogen-bond donors (Lipinski definition) is 4. The molecule has 0 bridgehead atoms. The predicted octanol–water partition coefficient (Wildman–Crippen LogP) is 3.10. The first-order chi connectivity index (χ1) is 19.0. The number of carbonyl (C=O) groups excluding carboxylic acids is 3. The second-order valence-corrected chi connectivity index (χ2v) is 9.46. The summed E-state index contributed by atoms with van der Waals surface area (Å²) < 4.78 is 46.3. The minimum Gasteiger partial charge on any atom is -0.489 e. The van der Waals surface area contributed by atoms with E-state index in [1.165, 1.54) is 12.3 Å². The third-order valence-corrected chi connectivity index (χ3v) is 6.52. The summed E-state index contributed by atoms with van der Waals surface area (Å²) in [6.07, 6.45) is -1.62. The summed E-state index contributed by atoms with van der Waals surface area (Å²) in [5, 5.41) is 5.06. The second-order valence-electron chi connectivity index (χ2n) is 9.46. The van der Waals surface area contributed by atoms with Gasteiger partial charge < -0.3 is 26.8 Å². The molecule has 4 rings (SSSR count). The maximum Gasteiger partial charge on any atom is 0.416 e. The number of nitrogens with two attached hydrogens (primary N) is 2. The van der Waals surface area contributed by atoms with Gasteiger partial charge in [-0.05, 0) is 84.0 Å². The van der Waals surface area contributed by atoms with E-state index in [9.17, 15) is 27.6 Å². The van der Waals surface area contributed by atoms with E-state index in [-0.39, 0.29) is 36.6 Å². The molecule has 40 heavy (non-hydrogen) atoms. The Kier molecular flexibility index (Phi) is 8.68. The lowest BCUT2D eigenvalue weighted by Gasteiger charge is -2.25. The highest BCUT2D eigenvalue weighted by atomic mass is 19.4. The molecular formula is C28H28F3N5O4.